The third-order valence-corrected chi connectivity index (χ3v) is 6.22. The molecular formula is C21H15Cl2N7O2S. The fourth-order valence-electron chi connectivity index (χ4n) is 3.20. The lowest BCUT2D eigenvalue weighted by atomic mass is 10.2. The van der Waals surface area contributed by atoms with E-state index in [1.165, 1.54) is 18.9 Å². The van der Waals surface area contributed by atoms with E-state index in [0.717, 1.165) is 11.3 Å². The van der Waals surface area contributed by atoms with E-state index in [-0.39, 0.29) is 6.42 Å². The van der Waals surface area contributed by atoms with Gasteiger partial charge in [-0.2, -0.15) is 14.6 Å². The van der Waals surface area contributed by atoms with Crippen molar-refractivity contribution in [2.24, 2.45) is 0 Å². The Bertz CT molecular complexity index is 1470. The highest BCUT2D eigenvalue weighted by atomic mass is 35.5. The summed E-state index contributed by atoms with van der Waals surface area (Å²) in [6.07, 6.45) is -0.0549. The summed E-state index contributed by atoms with van der Waals surface area (Å²) in [5.74, 6) is 0.549. The Morgan fingerprint density at radius 2 is 1.70 bits per heavy atom. The minimum Gasteiger partial charge on any atom is -0.469 e. The van der Waals surface area contributed by atoms with Gasteiger partial charge in [0.2, 0.25) is 5.16 Å². The molecule has 0 amide bonds. The summed E-state index contributed by atoms with van der Waals surface area (Å²) in [6, 6.07) is 14.7. The standard InChI is InChI=1S/C21H15Cl2N7O2S/c1-32-17(31)10-16-18-19(29(27-16)15-8-6-14(23)7-9-15)30-20(26-25-18)24-21(28-30)33-11-12-2-4-13(22)5-3-12/h2-9H,10-11H2,1H3. The normalized spacial score (nSPS) is 11.4. The van der Waals surface area contributed by atoms with Gasteiger partial charge in [-0.3, -0.25) is 4.79 Å². The van der Waals surface area contributed by atoms with Gasteiger partial charge in [0.15, 0.2) is 11.2 Å². The molecule has 3 aromatic heterocycles. The average molecular weight is 500 g/mol. The number of halogens is 2. The average Bonchev–Trinajstić information content (AvgIpc) is 3.40. The van der Waals surface area contributed by atoms with Crippen LogP contribution in [0.2, 0.25) is 10.0 Å². The molecule has 0 atom stereocenters. The minimum absolute atomic E-state index is 0.0549. The van der Waals surface area contributed by atoms with Gasteiger partial charge < -0.3 is 4.74 Å². The van der Waals surface area contributed by atoms with Crippen molar-refractivity contribution < 1.29 is 9.53 Å². The third kappa shape index (κ3) is 4.37. The second-order valence-corrected chi connectivity index (χ2v) is 8.80. The summed E-state index contributed by atoms with van der Waals surface area (Å²) in [4.78, 5) is 16.4. The fraction of sp³-hybridized carbons (Fsp3) is 0.143. The molecule has 0 aliphatic rings. The second-order valence-electron chi connectivity index (χ2n) is 6.98. The predicted molar refractivity (Wildman–Crippen MR) is 125 cm³/mol. The molecule has 0 fully saturated rings. The lowest BCUT2D eigenvalue weighted by Gasteiger charge is -2.03. The van der Waals surface area contributed by atoms with Crippen molar-refractivity contribution in [2.45, 2.75) is 17.3 Å². The van der Waals surface area contributed by atoms with Crippen LogP contribution in [0.4, 0.5) is 0 Å². The third-order valence-electron chi connectivity index (χ3n) is 4.81. The van der Waals surface area contributed by atoms with E-state index in [1.54, 1.807) is 21.3 Å². The first kappa shape index (κ1) is 21.6. The van der Waals surface area contributed by atoms with Crippen LogP contribution in [0.5, 0.6) is 0 Å². The lowest BCUT2D eigenvalue weighted by molar-refractivity contribution is -0.139. The summed E-state index contributed by atoms with van der Waals surface area (Å²) < 4.78 is 8.03. The van der Waals surface area contributed by atoms with Crippen molar-refractivity contribution in [2.75, 3.05) is 7.11 Å². The van der Waals surface area contributed by atoms with Gasteiger partial charge in [-0.15, -0.1) is 15.3 Å². The molecule has 2 aromatic carbocycles. The maximum atomic E-state index is 11.9. The first-order valence-electron chi connectivity index (χ1n) is 9.73. The van der Waals surface area contributed by atoms with Gasteiger partial charge in [-0.25, -0.2) is 4.68 Å². The Kier molecular flexibility index (Phi) is 5.88. The molecule has 0 spiro atoms. The molecule has 0 saturated carbocycles. The van der Waals surface area contributed by atoms with Crippen molar-refractivity contribution in [3.8, 4) is 5.69 Å². The maximum Gasteiger partial charge on any atom is 0.311 e. The van der Waals surface area contributed by atoms with E-state index >= 15 is 0 Å². The lowest BCUT2D eigenvalue weighted by Crippen LogP contribution is -2.06. The predicted octanol–water partition coefficient (Wildman–Crippen LogP) is 4.17. The summed E-state index contributed by atoms with van der Waals surface area (Å²) in [5.41, 5.74) is 3.20. The molecule has 0 aliphatic carbocycles. The topological polar surface area (TPSA) is 100 Å². The monoisotopic (exact) mass is 499 g/mol. The van der Waals surface area contributed by atoms with Crippen LogP contribution >= 0.6 is 35.0 Å². The van der Waals surface area contributed by atoms with Crippen molar-refractivity contribution >= 4 is 57.9 Å². The number of esters is 1. The molecule has 0 unspecified atom stereocenters. The number of benzene rings is 2. The molecule has 0 saturated heterocycles. The SMILES string of the molecule is COC(=O)Cc1nn(-c2ccc(Cl)cc2)c2c1nnc1nc(SCc3ccc(Cl)cc3)nn12. The quantitative estimate of drug-likeness (QED) is 0.253. The number of thioether (sulfide) groups is 1. The number of rotatable bonds is 6. The van der Waals surface area contributed by atoms with Gasteiger partial charge in [0.05, 0.1) is 19.2 Å². The van der Waals surface area contributed by atoms with Crippen molar-refractivity contribution in [3.63, 3.8) is 0 Å². The molecule has 12 heteroatoms. The zero-order valence-electron chi connectivity index (χ0n) is 17.1. The summed E-state index contributed by atoms with van der Waals surface area (Å²) >= 11 is 13.5. The highest BCUT2D eigenvalue weighted by molar-refractivity contribution is 7.98. The van der Waals surface area contributed by atoms with Gasteiger partial charge in [0.1, 0.15) is 5.69 Å². The van der Waals surface area contributed by atoms with Crippen molar-refractivity contribution in [1.29, 1.82) is 0 Å². The fourth-order valence-corrected chi connectivity index (χ4v) is 4.23. The largest absolute Gasteiger partial charge is 0.469 e. The van der Waals surface area contributed by atoms with Crippen LogP contribution in [0.1, 0.15) is 11.3 Å². The van der Waals surface area contributed by atoms with Gasteiger partial charge >= 0.3 is 5.97 Å². The molecule has 0 radical (unpaired) electrons. The molecule has 33 heavy (non-hydrogen) atoms. The molecule has 166 valence electrons. The van der Waals surface area contributed by atoms with Crippen LogP contribution in [0, 0.1) is 0 Å². The Labute approximate surface area is 201 Å². The second kappa shape index (κ2) is 8.97. The van der Waals surface area contributed by atoms with Gasteiger partial charge in [-0.05, 0) is 42.0 Å². The molecule has 0 N–H and O–H groups in total. The van der Waals surface area contributed by atoms with Crippen LogP contribution in [0.25, 0.3) is 22.6 Å². The highest BCUT2D eigenvalue weighted by Gasteiger charge is 2.22. The van der Waals surface area contributed by atoms with Gasteiger partial charge in [0.25, 0.3) is 5.78 Å². The summed E-state index contributed by atoms with van der Waals surface area (Å²) in [7, 11) is 1.33. The number of carbonyl (C=O) groups excluding carboxylic acids is 1. The van der Waals surface area contributed by atoms with E-state index in [0.29, 0.717) is 43.6 Å². The van der Waals surface area contributed by atoms with E-state index in [9.17, 15) is 4.79 Å². The Morgan fingerprint density at radius 3 is 2.39 bits per heavy atom. The number of carbonyl (C=O) groups is 1. The molecular weight excluding hydrogens is 485 g/mol. The summed E-state index contributed by atoms with van der Waals surface area (Å²) in [5, 5.41) is 19.5. The van der Waals surface area contributed by atoms with E-state index in [4.69, 9.17) is 27.9 Å². The van der Waals surface area contributed by atoms with E-state index in [1.807, 2.05) is 36.4 Å². The number of hydrogen-bond acceptors (Lipinski definition) is 8. The molecule has 0 aliphatic heterocycles. The van der Waals surface area contributed by atoms with E-state index in [2.05, 4.69) is 25.4 Å². The Hall–Kier alpha value is -3.21. The number of fused-ring (bicyclic) bond motifs is 3. The minimum atomic E-state index is -0.433. The maximum absolute atomic E-state index is 11.9. The van der Waals surface area contributed by atoms with E-state index < -0.39 is 5.97 Å². The molecule has 5 aromatic rings. The van der Waals surface area contributed by atoms with Crippen LogP contribution in [-0.4, -0.2) is 47.7 Å². The van der Waals surface area contributed by atoms with Crippen LogP contribution in [0.15, 0.2) is 53.7 Å². The number of methoxy groups -OCH3 is 1. The smallest absolute Gasteiger partial charge is 0.311 e. The first-order chi connectivity index (χ1) is 16.0. The molecule has 9 nitrogen and oxygen atoms in total. The zero-order valence-corrected chi connectivity index (χ0v) is 19.5. The van der Waals surface area contributed by atoms with Crippen LogP contribution in [-0.2, 0) is 21.7 Å². The Morgan fingerprint density at radius 1 is 1.00 bits per heavy atom. The zero-order chi connectivity index (χ0) is 22.9. The highest BCUT2D eigenvalue weighted by Crippen LogP contribution is 2.25. The first-order valence-corrected chi connectivity index (χ1v) is 11.5. The number of hydrogen-bond donors (Lipinski definition) is 0. The van der Waals surface area contributed by atoms with Crippen LogP contribution in [0.3, 0.4) is 0 Å². The van der Waals surface area contributed by atoms with Gasteiger partial charge in [-0.1, -0.05) is 47.1 Å². The molecule has 0 bridgehead atoms. The van der Waals surface area contributed by atoms with Crippen molar-refractivity contribution in [1.82, 2.24) is 34.6 Å². The summed E-state index contributed by atoms with van der Waals surface area (Å²) in [6.45, 7) is 0. The van der Waals surface area contributed by atoms with Crippen molar-refractivity contribution in [3.05, 3.63) is 69.8 Å². The number of aromatic nitrogens is 7. The Balaban J connectivity index is 1.59. The molecule has 5 rings (SSSR count). The number of nitrogens with zero attached hydrogens (tertiary/aromatic N) is 7. The molecule has 3 heterocycles. The van der Waals surface area contributed by atoms with Crippen LogP contribution < -0.4 is 0 Å². The van der Waals surface area contributed by atoms with Gasteiger partial charge in [0, 0.05) is 15.8 Å². The number of ether oxygens (including phenoxy) is 1.